The average Bonchev–Trinajstić information content (AvgIpc) is 2.59. The van der Waals surface area contributed by atoms with Gasteiger partial charge in [-0.3, -0.25) is 0 Å². The molecule has 0 amide bonds. The number of hydrogen-bond acceptors (Lipinski definition) is 3. The van der Waals surface area contributed by atoms with Gasteiger partial charge in [-0.2, -0.15) is 0 Å². The van der Waals surface area contributed by atoms with E-state index in [0.29, 0.717) is 5.89 Å². The van der Waals surface area contributed by atoms with E-state index >= 15 is 0 Å². The largest absolute Gasteiger partial charge is 0.496 e. The van der Waals surface area contributed by atoms with Crippen molar-refractivity contribution in [2.24, 2.45) is 0 Å². The van der Waals surface area contributed by atoms with Gasteiger partial charge in [0.25, 0.3) is 0 Å². The van der Waals surface area contributed by atoms with E-state index in [2.05, 4.69) is 4.98 Å². The molecule has 0 aliphatic rings. The van der Waals surface area contributed by atoms with Crippen LogP contribution in [0.4, 0.5) is 0 Å². The number of methoxy groups -OCH3 is 1. The molecule has 82 valence electrons. The van der Waals surface area contributed by atoms with E-state index in [1.807, 2.05) is 39.8 Å². The number of oxazole rings is 1. The molecule has 0 atom stereocenters. The van der Waals surface area contributed by atoms with Gasteiger partial charge >= 0.3 is 0 Å². The van der Waals surface area contributed by atoms with Gasteiger partial charge < -0.3 is 9.15 Å². The molecular weight excluding hydrogens is 190 g/mol. The standard InChI is InChI=1S/C10H11NO2.C2H6/c1-6-4-10-8(5-9(6)12-3)11-7(2)13-10;1-2/h4-5H,1-3H3;1-2H3. The second-order valence-electron chi connectivity index (χ2n) is 3.02. The number of rotatable bonds is 1. The first kappa shape index (κ1) is 11.6. The van der Waals surface area contributed by atoms with Crippen molar-refractivity contribution in [3.05, 3.63) is 23.6 Å². The predicted octanol–water partition coefficient (Wildman–Crippen LogP) is 3.48. The SMILES string of the molecule is CC.COc1cc2nc(C)oc2cc1C. The zero-order chi connectivity index (χ0) is 11.4. The number of aryl methyl sites for hydroxylation is 2. The molecule has 2 aromatic rings. The molecule has 0 saturated carbocycles. The smallest absolute Gasteiger partial charge is 0.192 e. The van der Waals surface area contributed by atoms with E-state index in [4.69, 9.17) is 9.15 Å². The molecule has 2 rings (SSSR count). The second kappa shape index (κ2) is 4.82. The fourth-order valence-corrected chi connectivity index (χ4v) is 1.39. The summed E-state index contributed by atoms with van der Waals surface area (Å²) in [6.45, 7) is 7.82. The molecule has 1 heterocycles. The Labute approximate surface area is 90.1 Å². The van der Waals surface area contributed by atoms with Crippen LogP contribution in [0.1, 0.15) is 25.3 Å². The van der Waals surface area contributed by atoms with Crippen LogP contribution in [0.5, 0.6) is 5.75 Å². The van der Waals surface area contributed by atoms with E-state index < -0.39 is 0 Å². The Bertz CT molecular complexity index is 446. The Kier molecular flexibility index (Phi) is 3.72. The van der Waals surface area contributed by atoms with Crippen molar-refractivity contribution < 1.29 is 9.15 Å². The van der Waals surface area contributed by atoms with Crippen LogP contribution in [0.15, 0.2) is 16.5 Å². The monoisotopic (exact) mass is 207 g/mol. The maximum atomic E-state index is 5.38. The van der Waals surface area contributed by atoms with Gasteiger partial charge in [0, 0.05) is 13.0 Å². The first-order chi connectivity index (χ1) is 7.20. The zero-order valence-corrected chi connectivity index (χ0v) is 9.92. The van der Waals surface area contributed by atoms with Crippen LogP contribution in [0.3, 0.4) is 0 Å². The zero-order valence-electron chi connectivity index (χ0n) is 9.92. The fraction of sp³-hybridized carbons (Fsp3) is 0.417. The van der Waals surface area contributed by atoms with Crippen molar-refractivity contribution in [3.63, 3.8) is 0 Å². The van der Waals surface area contributed by atoms with Gasteiger partial charge in [-0.25, -0.2) is 4.98 Å². The number of nitrogens with zero attached hydrogens (tertiary/aromatic N) is 1. The summed E-state index contributed by atoms with van der Waals surface area (Å²) in [5, 5.41) is 0. The molecule has 3 heteroatoms. The van der Waals surface area contributed by atoms with E-state index in [-0.39, 0.29) is 0 Å². The van der Waals surface area contributed by atoms with Crippen LogP contribution >= 0.6 is 0 Å². The first-order valence-electron chi connectivity index (χ1n) is 5.12. The van der Waals surface area contributed by atoms with Gasteiger partial charge in [-0.15, -0.1) is 0 Å². The Hall–Kier alpha value is -1.51. The molecule has 1 aromatic heterocycles. The maximum Gasteiger partial charge on any atom is 0.192 e. The number of hydrogen-bond donors (Lipinski definition) is 0. The summed E-state index contributed by atoms with van der Waals surface area (Å²) in [4.78, 5) is 4.22. The molecule has 0 aliphatic heterocycles. The highest BCUT2D eigenvalue weighted by Crippen LogP contribution is 2.25. The molecule has 15 heavy (non-hydrogen) atoms. The van der Waals surface area contributed by atoms with Crippen molar-refractivity contribution in [1.29, 1.82) is 0 Å². The molecule has 0 saturated heterocycles. The fourth-order valence-electron chi connectivity index (χ4n) is 1.39. The summed E-state index contributed by atoms with van der Waals surface area (Å²) in [5.41, 5.74) is 2.72. The Morgan fingerprint density at radius 1 is 1.20 bits per heavy atom. The highest BCUT2D eigenvalue weighted by Gasteiger charge is 2.06. The normalized spacial score (nSPS) is 9.67. The summed E-state index contributed by atoms with van der Waals surface area (Å²) < 4.78 is 10.6. The molecule has 0 unspecified atom stereocenters. The van der Waals surface area contributed by atoms with Gasteiger partial charge in [0.1, 0.15) is 11.3 Å². The molecule has 1 aromatic carbocycles. The lowest BCUT2D eigenvalue weighted by atomic mass is 10.2. The summed E-state index contributed by atoms with van der Waals surface area (Å²) in [6, 6.07) is 3.83. The molecule has 0 radical (unpaired) electrons. The third kappa shape index (κ3) is 2.29. The van der Waals surface area contributed by atoms with E-state index in [0.717, 1.165) is 22.4 Å². The Morgan fingerprint density at radius 3 is 2.47 bits per heavy atom. The molecule has 0 bridgehead atoms. The van der Waals surface area contributed by atoms with Crippen molar-refractivity contribution in [1.82, 2.24) is 4.98 Å². The summed E-state index contributed by atoms with van der Waals surface area (Å²) in [7, 11) is 1.65. The Balaban J connectivity index is 0.000000531. The van der Waals surface area contributed by atoms with Crippen molar-refractivity contribution in [2.75, 3.05) is 7.11 Å². The first-order valence-corrected chi connectivity index (χ1v) is 5.12. The van der Waals surface area contributed by atoms with Crippen LogP contribution < -0.4 is 4.74 Å². The van der Waals surface area contributed by atoms with Crippen LogP contribution in [-0.2, 0) is 0 Å². The molecule has 0 spiro atoms. The van der Waals surface area contributed by atoms with E-state index in [1.54, 1.807) is 7.11 Å². The van der Waals surface area contributed by atoms with Gasteiger partial charge in [0.2, 0.25) is 0 Å². The van der Waals surface area contributed by atoms with E-state index in [9.17, 15) is 0 Å². The average molecular weight is 207 g/mol. The molecule has 3 nitrogen and oxygen atoms in total. The highest BCUT2D eigenvalue weighted by molar-refractivity contribution is 5.76. The maximum absolute atomic E-state index is 5.38. The third-order valence-electron chi connectivity index (χ3n) is 2.01. The van der Waals surface area contributed by atoms with Crippen LogP contribution in [0.25, 0.3) is 11.1 Å². The van der Waals surface area contributed by atoms with Gasteiger partial charge in [-0.1, -0.05) is 13.8 Å². The minimum Gasteiger partial charge on any atom is -0.496 e. The topological polar surface area (TPSA) is 35.3 Å². The summed E-state index contributed by atoms with van der Waals surface area (Å²) >= 11 is 0. The van der Waals surface area contributed by atoms with E-state index in [1.165, 1.54) is 0 Å². The van der Waals surface area contributed by atoms with Crippen molar-refractivity contribution in [2.45, 2.75) is 27.7 Å². The molecule has 0 N–H and O–H groups in total. The van der Waals surface area contributed by atoms with Crippen molar-refractivity contribution >= 4 is 11.1 Å². The minimum atomic E-state index is 0.683. The van der Waals surface area contributed by atoms with Crippen LogP contribution in [0.2, 0.25) is 0 Å². The molecule has 0 fully saturated rings. The number of aromatic nitrogens is 1. The number of benzene rings is 1. The number of ether oxygens (including phenoxy) is 1. The highest BCUT2D eigenvalue weighted by atomic mass is 16.5. The van der Waals surface area contributed by atoms with Gasteiger partial charge in [-0.05, 0) is 18.6 Å². The lowest BCUT2D eigenvalue weighted by molar-refractivity contribution is 0.412. The third-order valence-corrected chi connectivity index (χ3v) is 2.01. The molecule has 0 aliphatic carbocycles. The Morgan fingerprint density at radius 2 is 1.87 bits per heavy atom. The molecular formula is C12H17NO2. The van der Waals surface area contributed by atoms with Crippen LogP contribution in [0, 0.1) is 13.8 Å². The number of fused-ring (bicyclic) bond motifs is 1. The predicted molar refractivity (Wildman–Crippen MR) is 61.4 cm³/mol. The summed E-state index contributed by atoms with van der Waals surface area (Å²) in [5.74, 6) is 1.53. The second-order valence-corrected chi connectivity index (χ2v) is 3.02. The van der Waals surface area contributed by atoms with Gasteiger partial charge in [0.15, 0.2) is 11.5 Å². The van der Waals surface area contributed by atoms with Gasteiger partial charge in [0.05, 0.1) is 7.11 Å². The minimum absolute atomic E-state index is 0.683. The quantitative estimate of drug-likeness (QED) is 0.718. The lowest BCUT2D eigenvalue weighted by Crippen LogP contribution is -1.86. The van der Waals surface area contributed by atoms with Crippen molar-refractivity contribution in [3.8, 4) is 5.75 Å². The van der Waals surface area contributed by atoms with Crippen LogP contribution in [-0.4, -0.2) is 12.1 Å². The lowest BCUT2D eigenvalue weighted by Gasteiger charge is -2.01. The summed E-state index contributed by atoms with van der Waals surface area (Å²) in [6.07, 6.45) is 0.